The van der Waals surface area contributed by atoms with Gasteiger partial charge in [-0.2, -0.15) is 0 Å². The third-order valence-electron chi connectivity index (χ3n) is 4.76. The number of halogens is 1. The van der Waals surface area contributed by atoms with Gasteiger partial charge in [-0.05, 0) is 35.7 Å². The van der Waals surface area contributed by atoms with Crippen LogP contribution >= 0.6 is 11.6 Å². The number of aliphatic hydroxyl groups is 1. The van der Waals surface area contributed by atoms with Crippen LogP contribution < -0.4 is 4.74 Å². The highest BCUT2D eigenvalue weighted by atomic mass is 35.5. The van der Waals surface area contributed by atoms with Crippen LogP contribution in [0, 0.1) is 0 Å². The van der Waals surface area contributed by atoms with Crippen LogP contribution in [0.2, 0.25) is 5.02 Å². The molecule has 1 aliphatic rings. The molecule has 27 heavy (non-hydrogen) atoms. The van der Waals surface area contributed by atoms with E-state index in [1.165, 1.54) is 0 Å². The molecule has 0 unspecified atom stereocenters. The van der Waals surface area contributed by atoms with Crippen LogP contribution in [-0.2, 0) is 0 Å². The molecule has 4 rings (SSSR count). The molecule has 1 fully saturated rings. The number of carbonyl (C=O) groups is 1. The van der Waals surface area contributed by atoms with E-state index in [4.69, 9.17) is 16.3 Å². The van der Waals surface area contributed by atoms with E-state index in [0.717, 1.165) is 10.8 Å². The molecular weight excluding hydrogens is 364 g/mol. The van der Waals surface area contributed by atoms with Crippen LogP contribution in [0.25, 0.3) is 10.8 Å². The van der Waals surface area contributed by atoms with Crippen molar-refractivity contribution >= 4 is 28.3 Å². The van der Waals surface area contributed by atoms with E-state index in [2.05, 4.69) is 4.98 Å². The summed E-state index contributed by atoms with van der Waals surface area (Å²) in [7, 11) is 0. The van der Waals surface area contributed by atoms with Crippen LogP contribution in [0.1, 0.15) is 16.9 Å². The predicted molar refractivity (Wildman–Crippen MR) is 104 cm³/mol. The second kappa shape index (κ2) is 7.55. The summed E-state index contributed by atoms with van der Waals surface area (Å²) in [5, 5.41) is 13.0. The monoisotopic (exact) mass is 382 g/mol. The van der Waals surface area contributed by atoms with Crippen molar-refractivity contribution in [3.8, 4) is 5.75 Å². The van der Waals surface area contributed by atoms with Crippen molar-refractivity contribution in [1.82, 2.24) is 9.88 Å². The molecule has 1 N–H and O–H groups in total. The number of β-amino-alcohol motifs (C(OH)–C–C–N with tert-alkyl or cyclic N) is 1. The average molecular weight is 383 g/mol. The second-order valence-corrected chi connectivity index (χ2v) is 7.07. The number of carbonyl (C=O) groups excluding carboxylic acids is 1. The Morgan fingerprint density at radius 3 is 2.63 bits per heavy atom. The zero-order valence-corrected chi connectivity index (χ0v) is 15.3. The number of hydrogen-bond acceptors (Lipinski definition) is 4. The third kappa shape index (κ3) is 3.89. The summed E-state index contributed by atoms with van der Waals surface area (Å²) in [5.41, 5.74) is 0.387. The number of fused-ring (bicyclic) bond motifs is 1. The van der Waals surface area contributed by atoms with Crippen molar-refractivity contribution in [3.63, 3.8) is 0 Å². The number of benzene rings is 2. The fourth-order valence-corrected chi connectivity index (χ4v) is 3.41. The van der Waals surface area contributed by atoms with Crippen molar-refractivity contribution < 1.29 is 14.6 Å². The van der Waals surface area contributed by atoms with Gasteiger partial charge in [0.15, 0.2) is 0 Å². The van der Waals surface area contributed by atoms with Crippen LogP contribution in [0.4, 0.5) is 0 Å². The lowest BCUT2D eigenvalue weighted by molar-refractivity contribution is -0.0200. The molecule has 1 saturated heterocycles. The van der Waals surface area contributed by atoms with E-state index in [9.17, 15) is 9.90 Å². The molecule has 1 aromatic heterocycles. The molecule has 2 aromatic carbocycles. The summed E-state index contributed by atoms with van der Waals surface area (Å²) in [6, 6.07) is 16.6. The van der Waals surface area contributed by atoms with Gasteiger partial charge in [0, 0.05) is 29.6 Å². The smallest absolute Gasteiger partial charge is 0.272 e. The largest absolute Gasteiger partial charge is 0.488 e. The lowest BCUT2D eigenvalue weighted by Gasteiger charge is -2.35. The number of ether oxygens (including phenoxy) is 1. The first-order valence-electron chi connectivity index (χ1n) is 8.84. The van der Waals surface area contributed by atoms with Crippen molar-refractivity contribution in [3.05, 3.63) is 71.5 Å². The molecule has 1 amide bonds. The number of aliphatic hydroxyl groups excluding tert-OH is 1. The molecule has 3 aromatic rings. The first kappa shape index (κ1) is 17.8. The lowest BCUT2D eigenvalue weighted by Crippen LogP contribution is -2.51. The molecule has 0 saturated carbocycles. The Labute approximate surface area is 162 Å². The fraction of sp³-hybridized carbons (Fsp3) is 0.238. The molecule has 0 bridgehead atoms. The Hall–Kier alpha value is -2.63. The maximum atomic E-state index is 12.8. The minimum Gasteiger partial charge on any atom is -0.488 e. The van der Waals surface area contributed by atoms with Crippen LogP contribution in [0.3, 0.4) is 0 Å². The molecular formula is C21H19ClN2O3. The lowest BCUT2D eigenvalue weighted by atomic mass is 10.0. The molecule has 0 spiro atoms. The van der Waals surface area contributed by atoms with Gasteiger partial charge in [-0.3, -0.25) is 9.78 Å². The number of nitrogens with zero attached hydrogens (tertiary/aromatic N) is 2. The van der Waals surface area contributed by atoms with Gasteiger partial charge in [-0.15, -0.1) is 0 Å². The quantitative estimate of drug-likeness (QED) is 0.752. The molecule has 6 heteroatoms. The minimum absolute atomic E-state index is 0.176. The van der Waals surface area contributed by atoms with Gasteiger partial charge in [0.05, 0.1) is 6.54 Å². The number of amides is 1. The Morgan fingerprint density at radius 2 is 1.89 bits per heavy atom. The normalized spacial score (nSPS) is 19.9. The van der Waals surface area contributed by atoms with E-state index in [1.807, 2.05) is 24.3 Å². The first-order valence-corrected chi connectivity index (χ1v) is 9.22. The summed E-state index contributed by atoms with van der Waals surface area (Å²) < 4.78 is 5.85. The Bertz CT molecular complexity index is 961. The molecule has 0 radical (unpaired) electrons. The number of aromatic nitrogens is 1. The molecule has 2 heterocycles. The number of likely N-dealkylation sites (tertiary alicyclic amines) is 1. The zero-order valence-electron chi connectivity index (χ0n) is 14.6. The highest BCUT2D eigenvalue weighted by Gasteiger charge is 2.32. The maximum Gasteiger partial charge on any atom is 0.272 e. The SMILES string of the molecule is O=C(c1cc2ccccc2cn1)N1CC[C@@H](Oc2ccc(Cl)cc2)[C@H](O)C1. The van der Waals surface area contributed by atoms with E-state index in [1.54, 1.807) is 41.4 Å². The van der Waals surface area contributed by atoms with Crippen molar-refractivity contribution in [2.75, 3.05) is 13.1 Å². The van der Waals surface area contributed by atoms with Gasteiger partial charge in [0.1, 0.15) is 23.7 Å². The summed E-state index contributed by atoms with van der Waals surface area (Å²) >= 11 is 5.88. The summed E-state index contributed by atoms with van der Waals surface area (Å²) in [6.07, 6.45) is 1.12. The molecule has 138 valence electrons. The van der Waals surface area contributed by atoms with E-state index >= 15 is 0 Å². The average Bonchev–Trinajstić information content (AvgIpc) is 2.70. The van der Waals surface area contributed by atoms with Gasteiger partial charge >= 0.3 is 0 Å². The highest BCUT2D eigenvalue weighted by Crippen LogP contribution is 2.22. The van der Waals surface area contributed by atoms with Gasteiger partial charge in [0.25, 0.3) is 5.91 Å². The molecule has 1 aliphatic heterocycles. The minimum atomic E-state index is -0.765. The van der Waals surface area contributed by atoms with Crippen molar-refractivity contribution in [1.29, 1.82) is 0 Å². The van der Waals surface area contributed by atoms with Crippen LogP contribution in [0.15, 0.2) is 60.8 Å². The Balaban J connectivity index is 1.43. The first-order chi connectivity index (χ1) is 13.1. The van der Waals surface area contributed by atoms with Crippen LogP contribution in [0.5, 0.6) is 5.75 Å². The van der Waals surface area contributed by atoms with E-state index in [-0.39, 0.29) is 18.6 Å². The third-order valence-corrected chi connectivity index (χ3v) is 5.01. The predicted octanol–water partition coefficient (Wildman–Crippen LogP) is 3.54. The summed E-state index contributed by atoms with van der Waals surface area (Å²) in [4.78, 5) is 18.7. The molecule has 2 atom stereocenters. The Morgan fingerprint density at radius 1 is 1.15 bits per heavy atom. The number of hydrogen-bond donors (Lipinski definition) is 1. The molecule has 0 aliphatic carbocycles. The second-order valence-electron chi connectivity index (χ2n) is 6.63. The van der Waals surface area contributed by atoms with Gasteiger partial charge in [-0.25, -0.2) is 0 Å². The number of pyridine rings is 1. The summed E-state index contributed by atoms with van der Waals surface area (Å²) in [5.74, 6) is 0.476. The fourth-order valence-electron chi connectivity index (χ4n) is 3.28. The summed E-state index contributed by atoms with van der Waals surface area (Å²) in [6.45, 7) is 0.717. The maximum absolute atomic E-state index is 12.8. The van der Waals surface area contributed by atoms with Gasteiger partial charge in [0.2, 0.25) is 0 Å². The van der Waals surface area contributed by atoms with Gasteiger partial charge in [-0.1, -0.05) is 35.9 Å². The van der Waals surface area contributed by atoms with Crippen molar-refractivity contribution in [2.24, 2.45) is 0 Å². The topological polar surface area (TPSA) is 62.7 Å². The van der Waals surface area contributed by atoms with Crippen LogP contribution in [-0.4, -0.2) is 46.2 Å². The Kier molecular flexibility index (Phi) is 4.97. The number of piperidine rings is 1. The highest BCUT2D eigenvalue weighted by molar-refractivity contribution is 6.30. The van der Waals surface area contributed by atoms with Gasteiger partial charge < -0.3 is 14.7 Å². The van der Waals surface area contributed by atoms with E-state index in [0.29, 0.717) is 29.4 Å². The molecule has 5 nitrogen and oxygen atoms in total. The standard InChI is InChI=1S/C21H19ClN2O3/c22-16-5-7-17(8-6-16)27-20-9-10-24(13-19(20)25)21(26)18-11-14-3-1-2-4-15(14)12-23-18/h1-8,11-12,19-20,25H,9-10,13H2/t19-,20-/m1/s1. The zero-order chi connectivity index (χ0) is 18.8. The number of rotatable bonds is 3. The van der Waals surface area contributed by atoms with Crippen molar-refractivity contribution in [2.45, 2.75) is 18.6 Å². The van der Waals surface area contributed by atoms with E-state index < -0.39 is 6.10 Å².